The Kier molecular flexibility index (Phi) is 6.48. The van der Waals surface area contributed by atoms with Crippen molar-refractivity contribution >= 4 is 33.0 Å². The number of aliphatic hydroxyl groups excluding tert-OH is 1. The third kappa shape index (κ3) is 4.89. The van der Waals surface area contributed by atoms with Crippen LogP contribution in [0.25, 0.3) is 32.4 Å². The summed E-state index contributed by atoms with van der Waals surface area (Å²) >= 11 is 1.67. The van der Waals surface area contributed by atoms with E-state index in [4.69, 9.17) is 4.74 Å². The summed E-state index contributed by atoms with van der Waals surface area (Å²) in [5, 5.41) is 15.3. The third-order valence-corrected chi connectivity index (χ3v) is 8.15. The summed E-state index contributed by atoms with van der Waals surface area (Å²) in [5.41, 5.74) is 3.44. The van der Waals surface area contributed by atoms with E-state index in [-0.39, 0.29) is 6.61 Å². The van der Waals surface area contributed by atoms with E-state index in [2.05, 4.69) is 70.3 Å². The number of likely N-dealkylation sites (tertiary alicyclic amines) is 1. The van der Waals surface area contributed by atoms with E-state index in [1.807, 2.05) is 24.4 Å². The van der Waals surface area contributed by atoms with Crippen molar-refractivity contribution in [3.8, 4) is 16.5 Å². The molecule has 6 rings (SSSR count). The van der Waals surface area contributed by atoms with Gasteiger partial charge in [0.05, 0.1) is 5.69 Å². The zero-order valence-electron chi connectivity index (χ0n) is 20.5. The molecule has 3 heterocycles. The maximum Gasteiger partial charge on any atom is 0.139 e. The molecule has 0 spiro atoms. The van der Waals surface area contributed by atoms with Gasteiger partial charge in [-0.15, -0.1) is 11.3 Å². The molecule has 2 aromatic heterocycles. The van der Waals surface area contributed by atoms with Gasteiger partial charge in [0, 0.05) is 28.5 Å². The number of aromatic amines is 1. The van der Waals surface area contributed by atoms with Crippen molar-refractivity contribution < 1.29 is 9.84 Å². The van der Waals surface area contributed by atoms with Gasteiger partial charge in [0.2, 0.25) is 0 Å². The number of hydrogen-bond acceptors (Lipinski definition) is 5. The van der Waals surface area contributed by atoms with Crippen LogP contribution in [0.1, 0.15) is 29.2 Å². The fraction of sp³-hybridized carbons (Fsp3) is 0.300. The minimum atomic E-state index is -0.530. The van der Waals surface area contributed by atoms with Crippen molar-refractivity contribution in [2.24, 2.45) is 0 Å². The smallest absolute Gasteiger partial charge is 0.139 e. The van der Waals surface area contributed by atoms with Crippen molar-refractivity contribution in [1.29, 1.82) is 0 Å². The molecule has 0 saturated carbocycles. The molecule has 0 unspecified atom stereocenters. The fourth-order valence-corrected chi connectivity index (χ4v) is 6.03. The van der Waals surface area contributed by atoms with Crippen LogP contribution in [-0.2, 0) is 0 Å². The van der Waals surface area contributed by atoms with E-state index >= 15 is 0 Å². The average molecular weight is 498 g/mol. The second-order valence-corrected chi connectivity index (χ2v) is 11.1. The molecule has 3 aromatic carbocycles. The standard InChI is InChI=1S/C30H31N3O2S/c1-20-17-31-30(36-20)28-16-26-27(32-28)7-4-8-29(26)35-19-25(34)18-33-13-11-22(12-14-33)24-10-9-21-5-2-3-6-23(21)15-24/h2-10,15-17,22,25,32,34H,11-14,18-19H2,1H3/t25-/m0/s1. The summed E-state index contributed by atoms with van der Waals surface area (Å²) in [6, 6.07) is 23.5. The maximum absolute atomic E-state index is 10.7. The maximum atomic E-state index is 10.7. The number of H-pyrrole nitrogens is 1. The van der Waals surface area contributed by atoms with Gasteiger partial charge in [-0.2, -0.15) is 0 Å². The number of rotatable bonds is 7. The average Bonchev–Trinajstić information content (AvgIpc) is 3.54. The predicted molar refractivity (Wildman–Crippen MR) is 148 cm³/mol. The molecule has 1 saturated heterocycles. The summed E-state index contributed by atoms with van der Waals surface area (Å²) in [7, 11) is 0. The Labute approximate surface area is 215 Å². The van der Waals surface area contributed by atoms with Gasteiger partial charge in [-0.1, -0.05) is 48.5 Å². The summed E-state index contributed by atoms with van der Waals surface area (Å²) in [6.07, 6.45) is 3.60. The Morgan fingerprint density at radius 1 is 1.06 bits per heavy atom. The Hall–Kier alpha value is -3.19. The molecule has 0 bridgehead atoms. The number of nitrogens with zero attached hydrogens (tertiary/aromatic N) is 2. The normalized spacial score (nSPS) is 16.1. The largest absolute Gasteiger partial charge is 0.490 e. The number of aryl methyl sites for hydroxylation is 1. The molecule has 5 nitrogen and oxygen atoms in total. The van der Waals surface area contributed by atoms with Gasteiger partial charge in [0.25, 0.3) is 0 Å². The van der Waals surface area contributed by atoms with Crippen molar-refractivity contribution in [2.75, 3.05) is 26.2 Å². The number of fused-ring (bicyclic) bond motifs is 2. The number of aromatic nitrogens is 2. The van der Waals surface area contributed by atoms with E-state index in [0.29, 0.717) is 12.5 Å². The number of benzene rings is 3. The first kappa shape index (κ1) is 23.2. The van der Waals surface area contributed by atoms with E-state index in [0.717, 1.165) is 53.3 Å². The van der Waals surface area contributed by atoms with Gasteiger partial charge in [0.1, 0.15) is 23.5 Å². The minimum Gasteiger partial charge on any atom is -0.490 e. The molecule has 36 heavy (non-hydrogen) atoms. The summed E-state index contributed by atoms with van der Waals surface area (Å²) < 4.78 is 6.09. The predicted octanol–water partition coefficient (Wildman–Crippen LogP) is 6.37. The van der Waals surface area contributed by atoms with Crippen LogP contribution < -0.4 is 4.74 Å². The Morgan fingerprint density at radius 3 is 2.69 bits per heavy atom. The van der Waals surface area contributed by atoms with E-state index in [9.17, 15) is 5.11 Å². The molecule has 0 radical (unpaired) electrons. The van der Waals surface area contributed by atoms with Crippen LogP contribution in [0.15, 0.2) is 72.9 Å². The highest BCUT2D eigenvalue weighted by Crippen LogP contribution is 2.33. The second-order valence-electron chi connectivity index (χ2n) is 9.82. The van der Waals surface area contributed by atoms with Crippen LogP contribution in [0.5, 0.6) is 5.75 Å². The number of β-amino-alcohol motifs (C(OH)–C–C–N with tert-alkyl or cyclic N) is 1. The first-order valence-corrected chi connectivity index (χ1v) is 13.5. The van der Waals surface area contributed by atoms with Crippen LogP contribution >= 0.6 is 11.3 Å². The molecule has 0 aliphatic carbocycles. The molecule has 1 atom stereocenters. The molecule has 1 fully saturated rings. The molecule has 1 aliphatic rings. The molecule has 5 aromatic rings. The lowest BCUT2D eigenvalue weighted by atomic mass is 9.88. The van der Waals surface area contributed by atoms with Crippen molar-refractivity contribution in [1.82, 2.24) is 14.9 Å². The molecular weight excluding hydrogens is 466 g/mol. The zero-order chi connectivity index (χ0) is 24.5. The number of piperidine rings is 1. The van der Waals surface area contributed by atoms with Crippen molar-refractivity contribution in [2.45, 2.75) is 31.8 Å². The van der Waals surface area contributed by atoms with E-state index in [1.165, 1.54) is 21.2 Å². The van der Waals surface area contributed by atoms with Crippen LogP contribution in [0, 0.1) is 6.92 Å². The van der Waals surface area contributed by atoms with Crippen LogP contribution in [0.4, 0.5) is 0 Å². The molecule has 2 N–H and O–H groups in total. The van der Waals surface area contributed by atoms with Crippen molar-refractivity contribution in [3.05, 3.63) is 83.4 Å². The molecular formula is C30H31N3O2S. The number of aliphatic hydroxyl groups is 1. The van der Waals surface area contributed by atoms with Gasteiger partial charge < -0.3 is 19.7 Å². The summed E-state index contributed by atoms with van der Waals surface area (Å²) in [5.74, 6) is 1.37. The van der Waals surface area contributed by atoms with Crippen LogP contribution in [-0.4, -0.2) is 52.3 Å². The lowest BCUT2D eigenvalue weighted by Crippen LogP contribution is -2.40. The molecule has 184 valence electrons. The summed E-state index contributed by atoms with van der Waals surface area (Å²) in [4.78, 5) is 11.5. The quantitative estimate of drug-likeness (QED) is 0.274. The van der Waals surface area contributed by atoms with Crippen LogP contribution in [0.2, 0.25) is 0 Å². The first-order chi connectivity index (χ1) is 17.6. The van der Waals surface area contributed by atoms with Gasteiger partial charge in [-0.05, 0) is 73.3 Å². The third-order valence-electron chi connectivity index (χ3n) is 7.21. The monoisotopic (exact) mass is 497 g/mol. The topological polar surface area (TPSA) is 61.4 Å². The highest BCUT2D eigenvalue weighted by Gasteiger charge is 2.23. The number of thiazole rings is 1. The summed E-state index contributed by atoms with van der Waals surface area (Å²) in [6.45, 7) is 4.97. The molecule has 1 aliphatic heterocycles. The Morgan fingerprint density at radius 2 is 1.89 bits per heavy atom. The first-order valence-electron chi connectivity index (χ1n) is 12.7. The number of hydrogen-bond donors (Lipinski definition) is 2. The van der Waals surface area contributed by atoms with Crippen LogP contribution in [0.3, 0.4) is 0 Å². The Bertz CT molecular complexity index is 1480. The second kappa shape index (κ2) is 10.1. The van der Waals surface area contributed by atoms with Gasteiger partial charge in [0.15, 0.2) is 0 Å². The van der Waals surface area contributed by atoms with Gasteiger partial charge >= 0.3 is 0 Å². The van der Waals surface area contributed by atoms with Crippen molar-refractivity contribution in [3.63, 3.8) is 0 Å². The fourth-order valence-electron chi connectivity index (χ4n) is 5.30. The zero-order valence-corrected chi connectivity index (χ0v) is 21.3. The van der Waals surface area contributed by atoms with E-state index < -0.39 is 6.10 Å². The number of ether oxygens (including phenoxy) is 1. The van der Waals surface area contributed by atoms with Gasteiger partial charge in [-0.3, -0.25) is 0 Å². The Balaban J connectivity index is 1.04. The SMILES string of the molecule is Cc1cnc(-c2cc3c(OC[C@@H](O)CN4CCC(c5ccc6ccccc6c5)CC4)cccc3[nH]2)s1. The molecule has 0 amide bonds. The molecule has 6 heteroatoms. The highest BCUT2D eigenvalue weighted by atomic mass is 32.1. The number of nitrogens with one attached hydrogen (secondary N) is 1. The van der Waals surface area contributed by atoms with Gasteiger partial charge in [-0.25, -0.2) is 4.98 Å². The lowest BCUT2D eigenvalue weighted by molar-refractivity contribution is 0.0599. The minimum absolute atomic E-state index is 0.278. The van der Waals surface area contributed by atoms with E-state index in [1.54, 1.807) is 11.3 Å². The lowest BCUT2D eigenvalue weighted by Gasteiger charge is -2.33. The highest BCUT2D eigenvalue weighted by molar-refractivity contribution is 7.14.